The van der Waals surface area contributed by atoms with E-state index in [1.165, 1.54) is 23.8 Å². The zero-order valence-electron chi connectivity index (χ0n) is 52.1. The third kappa shape index (κ3) is 26.6. The van der Waals surface area contributed by atoms with Gasteiger partial charge in [-0.05, 0) is 87.5 Å². The Morgan fingerprint density at radius 2 is 1.18 bits per heavy atom. The Morgan fingerprint density at radius 3 is 1.75 bits per heavy atom. The number of carboxylic acid groups (broad SMARTS) is 1. The first-order valence-corrected chi connectivity index (χ1v) is 30.3. The normalized spacial score (nSPS) is 16.3. The summed E-state index contributed by atoms with van der Waals surface area (Å²) in [5.41, 5.74) is 17.3. The molecular weight excluding hydrogens is 1090 g/mol. The Hall–Kier alpha value is -7.34. The molecular formula is C60H101N13O12. The molecule has 2 rings (SSSR count). The van der Waals surface area contributed by atoms with Crippen molar-refractivity contribution in [2.24, 2.45) is 45.9 Å². The van der Waals surface area contributed by atoms with Gasteiger partial charge < -0.3 is 69.3 Å². The van der Waals surface area contributed by atoms with Crippen LogP contribution in [0.1, 0.15) is 171 Å². The molecule has 478 valence electrons. The van der Waals surface area contributed by atoms with Gasteiger partial charge in [0.1, 0.15) is 54.4 Å². The van der Waals surface area contributed by atoms with Crippen molar-refractivity contribution >= 4 is 71.0 Å². The van der Waals surface area contributed by atoms with Crippen LogP contribution in [0.2, 0.25) is 0 Å². The molecule has 0 aliphatic carbocycles. The molecule has 1 aromatic rings. The number of likely N-dealkylation sites (tertiary alicyclic amines) is 1. The first-order valence-electron chi connectivity index (χ1n) is 30.3. The lowest BCUT2D eigenvalue weighted by molar-refractivity contribution is -0.149. The van der Waals surface area contributed by atoms with Gasteiger partial charge in [-0.1, -0.05) is 125 Å². The molecule has 0 aromatic heterocycles. The summed E-state index contributed by atoms with van der Waals surface area (Å²) in [5, 5.41) is 28.8. The minimum atomic E-state index is -1.77. The third-order valence-corrected chi connectivity index (χ3v) is 14.9. The number of nitrogens with two attached hydrogens (primary N) is 3. The Balaban J connectivity index is 2.43. The van der Waals surface area contributed by atoms with Gasteiger partial charge in [0.05, 0.1) is 6.42 Å². The van der Waals surface area contributed by atoms with Crippen molar-refractivity contribution in [1.29, 1.82) is 0 Å². The molecule has 10 amide bonds. The number of aliphatic carboxylic acids is 1. The molecule has 0 bridgehead atoms. The fraction of sp³-hybridized carbons (Fsp3) is 0.700. The second-order valence-corrected chi connectivity index (χ2v) is 23.8. The number of carbonyl (C=O) groups is 11. The van der Waals surface area contributed by atoms with Gasteiger partial charge in [0, 0.05) is 33.0 Å². The van der Waals surface area contributed by atoms with Gasteiger partial charge >= 0.3 is 5.97 Å². The van der Waals surface area contributed by atoms with Gasteiger partial charge in [-0.3, -0.25) is 57.7 Å². The predicted molar refractivity (Wildman–Crippen MR) is 323 cm³/mol. The number of nitrogens with one attached hydrogen (secondary N) is 7. The number of hydrogen-bond acceptors (Lipinski definition) is 12. The number of hydrogen-bond donors (Lipinski definition) is 11. The number of aliphatic imine (C=N–C) groups is 1. The molecule has 1 aliphatic rings. The van der Waals surface area contributed by atoms with E-state index >= 15 is 0 Å². The number of guanidine groups is 1. The molecule has 1 fully saturated rings. The van der Waals surface area contributed by atoms with Crippen LogP contribution < -0.4 is 54.4 Å². The molecule has 10 atom stereocenters. The maximum absolute atomic E-state index is 14.8. The number of nitrogens with zero attached hydrogens (tertiary/aromatic N) is 3. The van der Waals surface area contributed by atoms with Crippen LogP contribution >= 0.6 is 0 Å². The zero-order valence-corrected chi connectivity index (χ0v) is 52.1. The number of rotatable bonds is 39. The minimum absolute atomic E-state index is 0.0375. The summed E-state index contributed by atoms with van der Waals surface area (Å²) < 4.78 is 0. The summed E-state index contributed by atoms with van der Waals surface area (Å²) in [4.78, 5) is 158. The average Bonchev–Trinajstić information content (AvgIpc) is 4.09. The lowest BCUT2D eigenvalue weighted by Crippen LogP contribution is -2.61. The summed E-state index contributed by atoms with van der Waals surface area (Å²) >= 11 is 0. The van der Waals surface area contributed by atoms with Gasteiger partial charge in [0.2, 0.25) is 59.1 Å². The van der Waals surface area contributed by atoms with Gasteiger partial charge in [0.25, 0.3) is 0 Å². The lowest BCUT2D eigenvalue weighted by atomic mass is 9.97. The van der Waals surface area contributed by atoms with Crippen molar-refractivity contribution in [1.82, 2.24) is 47.0 Å². The smallest absolute Gasteiger partial charge is 0.305 e. The largest absolute Gasteiger partial charge is 0.481 e. The predicted octanol–water partition coefficient (Wildman–Crippen LogP) is 2.02. The van der Waals surface area contributed by atoms with Crippen LogP contribution in [0.25, 0.3) is 0 Å². The molecule has 1 aromatic carbocycles. The quantitative estimate of drug-likeness (QED) is 0.0255. The summed E-state index contributed by atoms with van der Waals surface area (Å²) in [5.74, 6) is -9.56. The van der Waals surface area contributed by atoms with E-state index in [-0.39, 0.29) is 100.0 Å². The number of unbranched alkanes of at least 4 members (excludes halogenated alkanes) is 4. The van der Waals surface area contributed by atoms with E-state index < -0.39 is 120 Å². The lowest BCUT2D eigenvalue weighted by Gasteiger charge is -2.35. The number of amides is 10. The second kappa shape index (κ2) is 37.9. The van der Waals surface area contributed by atoms with E-state index in [0.717, 1.165) is 31.2 Å². The minimum Gasteiger partial charge on any atom is -0.481 e. The van der Waals surface area contributed by atoms with Crippen molar-refractivity contribution in [2.75, 3.05) is 20.1 Å². The maximum atomic E-state index is 14.8. The van der Waals surface area contributed by atoms with E-state index in [4.69, 9.17) is 17.2 Å². The van der Waals surface area contributed by atoms with Gasteiger partial charge in [0.15, 0.2) is 5.96 Å². The Bertz CT molecular complexity index is 2400. The molecule has 0 unspecified atom stereocenters. The first kappa shape index (κ1) is 73.8. The van der Waals surface area contributed by atoms with Crippen LogP contribution in [-0.4, -0.2) is 160 Å². The molecule has 0 saturated carbocycles. The number of likely N-dealkylation sites (N-methyl/N-ethyl adjacent to an activating group) is 1. The van der Waals surface area contributed by atoms with Crippen LogP contribution in [0, 0.1) is 23.7 Å². The fourth-order valence-electron chi connectivity index (χ4n) is 10.0. The molecule has 1 heterocycles. The van der Waals surface area contributed by atoms with Crippen LogP contribution in [0.4, 0.5) is 0 Å². The summed E-state index contributed by atoms with van der Waals surface area (Å²) in [6.45, 7) is 18.3. The number of carbonyl (C=O) groups excluding carboxylic acids is 10. The number of primary amides is 1. The van der Waals surface area contributed by atoms with E-state index in [2.05, 4.69) is 49.1 Å². The highest BCUT2D eigenvalue weighted by atomic mass is 16.4. The highest BCUT2D eigenvalue weighted by Gasteiger charge is 2.43. The first-order chi connectivity index (χ1) is 40.0. The monoisotopic (exact) mass is 1200 g/mol. The average molecular weight is 1200 g/mol. The van der Waals surface area contributed by atoms with Crippen molar-refractivity contribution < 1.29 is 57.8 Å². The molecule has 1 saturated heterocycles. The topological polar surface area (TPSA) is 389 Å². The summed E-state index contributed by atoms with van der Waals surface area (Å²) in [6, 6.07) is -2.14. The van der Waals surface area contributed by atoms with E-state index in [9.17, 15) is 57.8 Å². The van der Waals surface area contributed by atoms with Crippen molar-refractivity contribution in [3.8, 4) is 0 Å². The number of carboxylic acids is 1. The SMILES string of the molecule is CCCCCCCC(=O)N[C@@H](C)C(=O)N[C@@H](Cc1ccccc1)C(=O)N[C@@H](CC(C)C)C(=O)N[C@@H](CC(C)C)C(=O)N1CCC[C@H]1C(=O)N(C)[C@H](CC(C)C)C(=O)N[C@@H](CC(=O)O)C(=O)N[C@@H](CCCN=C(N)N)C(=O)N[C@H](C(N)=O)[C@@H](C)CC. The Labute approximate surface area is 502 Å². The molecule has 0 spiro atoms. The maximum Gasteiger partial charge on any atom is 0.305 e. The van der Waals surface area contributed by atoms with Crippen molar-refractivity contribution in [2.45, 2.75) is 226 Å². The molecule has 85 heavy (non-hydrogen) atoms. The summed E-state index contributed by atoms with van der Waals surface area (Å²) in [7, 11) is 1.37. The Morgan fingerprint density at radius 1 is 0.635 bits per heavy atom. The van der Waals surface area contributed by atoms with Crippen LogP contribution in [0.5, 0.6) is 0 Å². The van der Waals surface area contributed by atoms with E-state index in [0.29, 0.717) is 19.3 Å². The highest BCUT2D eigenvalue weighted by Crippen LogP contribution is 2.25. The van der Waals surface area contributed by atoms with Crippen LogP contribution in [-0.2, 0) is 59.2 Å². The van der Waals surface area contributed by atoms with Crippen LogP contribution in [0.15, 0.2) is 35.3 Å². The van der Waals surface area contributed by atoms with Gasteiger partial charge in [-0.25, -0.2) is 0 Å². The van der Waals surface area contributed by atoms with Crippen LogP contribution in [0.3, 0.4) is 0 Å². The van der Waals surface area contributed by atoms with E-state index in [1.54, 1.807) is 52.0 Å². The fourth-order valence-corrected chi connectivity index (χ4v) is 10.0. The third-order valence-electron chi connectivity index (χ3n) is 14.9. The molecule has 25 heteroatoms. The number of benzene rings is 1. The molecule has 1 aliphatic heterocycles. The summed E-state index contributed by atoms with van der Waals surface area (Å²) in [6.07, 6.45) is 5.57. The van der Waals surface area contributed by atoms with Gasteiger partial charge in [-0.2, -0.15) is 0 Å². The van der Waals surface area contributed by atoms with Crippen molar-refractivity contribution in [3.05, 3.63) is 35.9 Å². The van der Waals surface area contributed by atoms with Crippen molar-refractivity contribution in [3.63, 3.8) is 0 Å². The molecule has 25 nitrogen and oxygen atoms in total. The van der Waals surface area contributed by atoms with Gasteiger partial charge in [-0.15, -0.1) is 0 Å². The molecule has 14 N–H and O–H groups in total. The zero-order chi connectivity index (χ0) is 64.1. The standard InChI is InChI=1S/C60H101N13O12/c1-12-14-15-16-20-27-48(74)65-39(10)52(78)67-43(33-40-23-18-17-19-24-40)55(81)68-42(30-35(3)4)54(80)70-45(31-36(5)6)58(84)73-29-22-26-46(73)59(85)72(11)47(32-37(7)8)57(83)69-44(34-49(75)76)56(82)66-41(25-21-28-64-60(62)63)53(79)71-50(51(61)77)38(9)13-2/h17-19,23-24,35-39,41-47,50H,12-16,20-22,25-34H2,1-11H3,(H2,61,77)(H,65,74)(H,66,82)(H,67,78)(H,68,81)(H,69,83)(H,70,80)(H,71,79)(H,75,76)(H4,62,63,64)/t38-,39-,41-,42-,43-,44-,45-,46-,47+,50-/m0/s1. The molecule has 0 radical (unpaired) electrons. The second-order valence-electron chi connectivity index (χ2n) is 23.8. The highest BCUT2D eigenvalue weighted by molar-refractivity contribution is 5.99. The Kier molecular flexibility index (Phi) is 32.9. The van der Waals surface area contributed by atoms with E-state index in [1.807, 2.05) is 33.8 Å².